The van der Waals surface area contributed by atoms with Crippen molar-refractivity contribution in [1.29, 1.82) is 0 Å². The summed E-state index contributed by atoms with van der Waals surface area (Å²) in [6, 6.07) is 13.4. The minimum Gasteiger partial charge on any atom is -0.493 e. The van der Waals surface area contributed by atoms with Crippen LogP contribution < -0.4 is 4.74 Å². The minimum atomic E-state index is 0.808. The zero-order chi connectivity index (χ0) is 19.2. The van der Waals surface area contributed by atoms with Crippen LogP contribution in [0.3, 0.4) is 0 Å². The van der Waals surface area contributed by atoms with Crippen molar-refractivity contribution in [3.05, 3.63) is 65.2 Å². The van der Waals surface area contributed by atoms with E-state index in [0.29, 0.717) is 0 Å². The Kier molecular flexibility index (Phi) is 7.51. The van der Waals surface area contributed by atoms with Gasteiger partial charge in [-0.25, -0.2) is 0 Å². The van der Waals surface area contributed by atoms with Crippen molar-refractivity contribution in [2.75, 3.05) is 6.61 Å². The van der Waals surface area contributed by atoms with Crippen molar-refractivity contribution in [1.82, 2.24) is 0 Å². The first kappa shape index (κ1) is 20.6. The van der Waals surface area contributed by atoms with E-state index in [9.17, 15) is 0 Å². The van der Waals surface area contributed by atoms with Crippen LogP contribution in [0.15, 0.2) is 48.6 Å². The second kappa shape index (κ2) is 9.86. The zero-order valence-electron chi connectivity index (χ0n) is 16.5. The lowest BCUT2D eigenvalue weighted by molar-refractivity contribution is 0.289. The highest BCUT2D eigenvalue weighted by Crippen LogP contribution is 2.35. The van der Waals surface area contributed by atoms with Gasteiger partial charge in [-0.05, 0) is 91.7 Å². The average molecular weight is 398 g/mol. The molecule has 2 aromatic rings. The summed E-state index contributed by atoms with van der Waals surface area (Å²) in [5, 5.41) is 0. The van der Waals surface area contributed by atoms with Crippen LogP contribution in [0, 0.1) is 12.8 Å². The maximum Gasteiger partial charge on any atom is 0.126 e. The lowest BCUT2D eigenvalue weighted by Crippen LogP contribution is -2.05. The molecule has 1 saturated carbocycles. The Labute approximate surface area is 169 Å². The summed E-state index contributed by atoms with van der Waals surface area (Å²) in [7, 11) is 5.72. The van der Waals surface area contributed by atoms with Crippen LogP contribution in [0.4, 0.5) is 0 Å². The van der Waals surface area contributed by atoms with Crippen molar-refractivity contribution >= 4 is 18.5 Å². The molecule has 0 saturated heterocycles. The number of allylic oxidation sites excluding steroid dienone is 1. The van der Waals surface area contributed by atoms with Gasteiger partial charge in [0.15, 0.2) is 0 Å². The molecule has 0 aliphatic heterocycles. The quantitative estimate of drug-likeness (QED) is 0.266. The molecule has 1 aliphatic rings. The van der Waals surface area contributed by atoms with Crippen LogP contribution in [0.5, 0.6) is 5.75 Å². The molecule has 0 radical (unpaired) electrons. The van der Waals surface area contributed by atoms with E-state index >= 15 is 0 Å². The molecule has 0 bridgehead atoms. The molecule has 3 heteroatoms. The van der Waals surface area contributed by atoms with Gasteiger partial charge in [-0.3, -0.25) is 0 Å². The van der Waals surface area contributed by atoms with Crippen LogP contribution >= 0.6 is 18.5 Å². The molecule has 1 aliphatic carbocycles. The number of rotatable bonds is 8. The van der Waals surface area contributed by atoms with Gasteiger partial charge in [0.2, 0.25) is 0 Å². The normalized spacial score (nSPS) is 16.7. The minimum absolute atomic E-state index is 0.808. The Bertz CT molecular complexity index is 754. The third kappa shape index (κ3) is 5.43. The SMILES string of the molecule is C=C1CCC(CCCOc2c(CP)cc(-c3ccc(C)cc3)cc2CP)C1. The Balaban J connectivity index is 1.70. The van der Waals surface area contributed by atoms with Crippen molar-refractivity contribution in [3.8, 4) is 16.9 Å². The van der Waals surface area contributed by atoms with Gasteiger partial charge in [-0.2, -0.15) is 0 Å². The first-order valence-corrected chi connectivity index (χ1v) is 11.7. The van der Waals surface area contributed by atoms with Crippen molar-refractivity contribution in [3.63, 3.8) is 0 Å². The van der Waals surface area contributed by atoms with Crippen molar-refractivity contribution in [2.45, 2.75) is 51.4 Å². The van der Waals surface area contributed by atoms with Gasteiger partial charge in [-0.15, -0.1) is 18.5 Å². The molecule has 0 spiro atoms. The molecule has 3 rings (SSSR count). The van der Waals surface area contributed by atoms with Crippen LogP contribution in [-0.2, 0) is 12.3 Å². The second-order valence-corrected chi connectivity index (χ2v) is 8.56. The van der Waals surface area contributed by atoms with Crippen LogP contribution in [0.25, 0.3) is 11.1 Å². The highest BCUT2D eigenvalue weighted by Gasteiger charge is 2.18. The summed E-state index contributed by atoms with van der Waals surface area (Å²) < 4.78 is 6.30. The first-order valence-electron chi connectivity index (χ1n) is 10.0. The fraction of sp³-hybridized carbons (Fsp3) is 0.417. The van der Waals surface area contributed by atoms with Gasteiger partial charge in [-0.1, -0.05) is 42.0 Å². The molecular weight excluding hydrogens is 366 g/mol. The predicted molar refractivity (Wildman–Crippen MR) is 125 cm³/mol. The first-order chi connectivity index (χ1) is 13.1. The van der Waals surface area contributed by atoms with Gasteiger partial charge in [0.05, 0.1) is 6.61 Å². The van der Waals surface area contributed by atoms with Crippen LogP contribution in [-0.4, -0.2) is 6.61 Å². The Morgan fingerprint density at radius 1 is 1.04 bits per heavy atom. The molecule has 1 fully saturated rings. The molecule has 3 unspecified atom stereocenters. The summed E-state index contributed by atoms with van der Waals surface area (Å²) in [6.45, 7) is 7.06. The fourth-order valence-electron chi connectivity index (χ4n) is 3.97. The Hall–Kier alpha value is -1.16. The maximum absolute atomic E-state index is 6.30. The fourth-order valence-corrected chi connectivity index (χ4v) is 4.58. The van der Waals surface area contributed by atoms with Crippen LogP contribution in [0.1, 0.15) is 48.8 Å². The van der Waals surface area contributed by atoms with Gasteiger partial charge < -0.3 is 4.74 Å². The summed E-state index contributed by atoms with van der Waals surface area (Å²) in [5.41, 5.74) is 7.84. The van der Waals surface area contributed by atoms with Gasteiger partial charge >= 0.3 is 0 Å². The van der Waals surface area contributed by atoms with Crippen LogP contribution in [0.2, 0.25) is 0 Å². The number of ether oxygens (including phenoxy) is 1. The lowest BCUT2D eigenvalue weighted by atomic mass is 9.98. The third-order valence-electron chi connectivity index (χ3n) is 5.55. The number of aryl methyl sites for hydroxylation is 1. The van der Waals surface area contributed by atoms with E-state index in [1.165, 1.54) is 59.1 Å². The molecule has 0 heterocycles. The number of benzene rings is 2. The summed E-state index contributed by atoms with van der Waals surface area (Å²) >= 11 is 0. The second-order valence-electron chi connectivity index (χ2n) is 7.75. The smallest absolute Gasteiger partial charge is 0.126 e. The van der Waals surface area contributed by atoms with E-state index in [4.69, 9.17) is 4.74 Å². The van der Waals surface area contributed by atoms with E-state index in [1.54, 1.807) is 0 Å². The van der Waals surface area contributed by atoms with E-state index < -0.39 is 0 Å². The largest absolute Gasteiger partial charge is 0.493 e. The Morgan fingerprint density at radius 2 is 1.70 bits per heavy atom. The van der Waals surface area contributed by atoms with Gasteiger partial charge in [0.25, 0.3) is 0 Å². The molecule has 27 heavy (non-hydrogen) atoms. The topological polar surface area (TPSA) is 9.23 Å². The summed E-state index contributed by atoms with van der Waals surface area (Å²) in [6.07, 6.45) is 7.97. The molecule has 3 atom stereocenters. The molecule has 0 N–H and O–H groups in total. The standard InChI is InChI=1S/C24H32OP2/c1-17-6-9-20(10-7-17)21-13-22(15-26)24(23(14-21)16-27)25-11-3-4-19-8-5-18(2)12-19/h6-7,9-10,13-14,19H,2-5,8,11-12,15-16,26-27H2,1H3. The molecule has 2 aromatic carbocycles. The molecule has 144 valence electrons. The Morgan fingerprint density at radius 3 is 2.26 bits per heavy atom. The molecule has 0 aromatic heterocycles. The van der Waals surface area contributed by atoms with E-state index in [0.717, 1.165) is 37.0 Å². The maximum atomic E-state index is 6.30. The zero-order valence-corrected chi connectivity index (χ0v) is 18.8. The third-order valence-corrected chi connectivity index (χ3v) is 6.43. The van der Waals surface area contributed by atoms with E-state index in [1.807, 2.05) is 0 Å². The van der Waals surface area contributed by atoms with Crippen molar-refractivity contribution < 1.29 is 4.74 Å². The van der Waals surface area contributed by atoms with Gasteiger partial charge in [0.1, 0.15) is 5.75 Å². The molecule has 0 amide bonds. The highest BCUT2D eigenvalue weighted by molar-refractivity contribution is 7.15. The number of hydrogen-bond donors (Lipinski definition) is 0. The average Bonchev–Trinajstić information content (AvgIpc) is 3.10. The predicted octanol–water partition coefficient (Wildman–Crippen LogP) is 6.93. The highest BCUT2D eigenvalue weighted by atomic mass is 31.0. The molecule has 1 nitrogen and oxygen atoms in total. The van der Waals surface area contributed by atoms with Gasteiger partial charge in [0, 0.05) is 0 Å². The summed E-state index contributed by atoms with van der Waals surface area (Å²) in [5.74, 6) is 1.92. The lowest BCUT2D eigenvalue weighted by Gasteiger charge is -2.17. The molecular formula is C24H32OP2. The summed E-state index contributed by atoms with van der Waals surface area (Å²) in [4.78, 5) is 0. The van der Waals surface area contributed by atoms with E-state index in [-0.39, 0.29) is 0 Å². The van der Waals surface area contributed by atoms with E-state index in [2.05, 4.69) is 68.4 Å². The number of hydrogen-bond acceptors (Lipinski definition) is 1. The monoisotopic (exact) mass is 398 g/mol. The van der Waals surface area contributed by atoms with Crippen molar-refractivity contribution in [2.24, 2.45) is 5.92 Å².